The molecule has 1 aromatic rings. The van der Waals surface area contributed by atoms with Crippen molar-refractivity contribution in [3.05, 3.63) is 34.9 Å². The number of imide groups is 1. The van der Waals surface area contributed by atoms with Gasteiger partial charge in [0.2, 0.25) is 5.91 Å². The van der Waals surface area contributed by atoms with Gasteiger partial charge in [-0.05, 0) is 36.8 Å². The lowest BCUT2D eigenvalue weighted by molar-refractivity contribution is -0.120. The number of nitrogens with one attached hydrogen (secondary N) is 1. The van der Waals surface area contributed by atoms with Crippen LogP contribution < -0.4 is 5.32 Å². The standard InChI is InChI=1S/C16H23NO3/c1-11(2)14-9-12(3)8-13(10-14)6-5-7-15(18)17-16(19)20-4/h8-11H,5-7H2,1-4H3,(H,17,18,19). The second-order valence-electron chi connectivity index (χ2n) is 5.30. The van der Waals surface area contributed by atoms with Crippen LogP contribution in [0.3, 0.4) is 0 Å². The largest absolute Gasteiger partial charge is 0.453 e. The minimum absolute atomic E-state index is 0.298. The number of alkyl carbamates (subject to hydrolysis) is 1. The van der Waals surface area contributed by atoms with Crippen LogP contribution in [0.2, 0.25) is 0 Å². The van der Waals surface area contributed by atoms with E-state index in [0.29, 0.717) is 18.8 Å². The lowest BCUT2D eigenvalue weighted by Crippen LogP contribution is -2.29. The number of aryl methyl sites for hydroxylation is 2. The molecule has 0 spiro atoms. The SMILES string of the molecule is COC(=O)NC(=O)CCCc1cc(C)cc(C(C)C)c1. The maximum atomic E-state index is 11.4. The highest BCUT2D eigenvalue weighted by Gasteiger charge is 2.08. The van der Waals surface area contributed by atoms with Gasteiger partial charge in [0, 0.05) is 6.42 Å². The number of hydrogen-bond acceptors (Lipinski definition) is 3. The van der Waals surface area contributed by atoms with Crippen molar-refractivity contribution in [3.8, 4) is 0 Å². The Balaban J connectivity index is 2.50. The van der Waals surface area contributed by atoms with Crippen LogP contribution in [-0.2, 0) is 16.0 Å². The molecule has 0 aliphatic carbocycles. The molecular formula is C16H23NO3. The highest BCUT2D eigenvalue weighted by atomic mass is 16.5. The molecule has 2 amide bonds. The highest BCUT2D eigenvalue weighted by Crippen LogP contribution is 2.19. The van der Waals surface area contributed by atoms with Gasteiger partial charge >= 0.3 is 6.09 Å². The molecule has 110 valence electrons. The van der Waals surface area contributed by atoms with Crippen molar-refractivity contribution in [2.75, 3.05) is 7.11 Å². The summed E-state index contributed by atoms with van der Waals surface area (Å²) in [6.45, 7) is 6.42. The zero-order valence-electron chi connectivity index (χ0n) is 12.7. The number of hydrogen-bond donors (Lipinski definition) is 1. The van der Waals surface area contributed by atoms with Gasteiger partial charge in [-0.15, -0.1) is 0 Å². The van der Waals surface area contributed by atoms with Crippen molar-refractivity contribution in [1.82, 2.24) is 5.32 Å². The Labute approximate surface area is 120 Å². The molecule has 4 nitrogen and oxygen atoms in total. The number of methoxy groups -OCH3 is 1. The summed E-state index contributed by atoms with van der Waals surface area (Å²) in [4.78, 5) is 22.3. The Hall–Kier alpha value is -1.84. The molecule has 1 aromatic carbocycles. The molecule has 1 N–H and O–H groups in total. The van der Waals surface area contributed by atoms with Crippen LogP contribution in [0.25, 0.3) is 0 Å². The average molecular weight is 277 g/mol. The molecule has 0 unspecified atom stereocenters. The van der Waals surface area contributed by atoms with Gasteiger partial charge in [0.25, 0.3) is 0 Å². The van der Waals surface area contributed by atoms with E-state index >= 15 is 0 Å². The molecule has 4 heteroatoms. The number of rotatable bonds is 5. The molecule has 0 heterocycles. The fourth-order valence-corrected chi connectivity index (χ4v) is 2.05. The molecular weight excluding hydrogens is 254 g/mol. The molecule has 0 atom stereocenters. The van der Waals surface area contributed by atoms with Crippen LogP contribution in [0.4, 0.5) is 4.79 Å². The van der Waals surface area contributed by atoms with Gasteiger partial charge < -0.3 is 4.74 Å². The van der Waals surface area contributed by atoms with E-state index in [4.69, 9.17) is 0 Å². The van der Waals surface area contributed by atoms with E-state index in [0.717, 1.165) is 6.42 Å². The number of carbonyl (C=O) groups excluding carboxylic acids is 2. The maximum Gasteiger partial charge on any atom is 0.413 e. The molecule has 0 bridgehead atoms. The molecule has 0 aromatic heterocycles. The Morgan fingerprint density at radius 2 is 1.95 bits per heavy atom. The smallest absolute Gasteiger partial charge is 0.413 e. The molecule has 0 saturated carbocycles. The van der Waals surface area contributed by atoms with Crippen LogP contribution in [0, 0.1) is 6.92 Å². The van der Waals surface area contributed by atoms with E-state index in [2.05, 4.69) is 49.0 Å². The lowest BCUT2D eigenvalue weighted by atomic mass is 9.96. The van der Waals surface area contributed by atoms with Crippen molar-refractivity contribution in [2.24, 2.45) is 0 Å². The van der Waals surface area contributed by atoms with Crippen molar-refractivity contribution in [1.29, 1.82) is 0 Å². The second kappa shape index (κ2) is 7.68. The summed E-state index contributed by atoms with van der Waals surface area (Å²) in [5.41, 5.74) is 3.80. The van der Waals surface area contributed by atoms with Crippen LogP contribution >= 0.6 is 0 Å². The molecule has 0 aliphatic rings. The van der Waals surface area contributed by atoms with Gasteiger partial charge in [0.05, 0.1) is 7.11 Å². The van der Waals surface area contributed by atoms with E-state index in [-0.39, 0.29) is 5.91 Å². The number of benzene rings is 1. The summed E-state index contributed by atoms with van der Waals surface area (Å²) in [6.07, 6.45) is 1.16. The van der Waals surface area contributed by atoms with Gasteiger partial charge in [-0.3, -0.25) is 10.1 Å². The first-order chi connectivity index (χ1) is 9.42. The monoisotopic (exact) mass is 277 g/mol. The first-order valence-electron chi connectivity index (χ1n) is 6.90. The summed E-state index contributed by atoms with van der Waals surface area (Å²) in [6, 6.07) is 6.53. The van der Waals surface area contributed by atoms with Crippen molar-refractivity contribution in [3.63, 3.8) is 0 Å². The third kappa shape index (κ3) is 5.43. The first-order valence-corrected chi connectivity index (χ1v) is 6.90. The van der Waals surface area contributed by atoms with Crippen molar-refractivity contribution >= 4 is 12.0 Å². The second-order valence-corrected chi connectivity index (χ2v) is 5.30. The first kappa shape index (κ1) is 16.2. The topological polar surface area (TPSA) is 55.4 Å². The van der Waals surface area contributed by atoms with Crippen LogP contribution in [0.5, 0.6) is 0 Å². The van der Waals surface area contributed by atoms with E-state index in [9.17, 15) is 9.59 Å². The van der Waals surface area contributed by atoms with Gasteiger partial charge in [-0.1, -0.05) is 37.6 Å². The lowest BCUT2D eigenvalue weighted by Gasteiger charge is -2.10. The van der Waals surface area contributed by atoms with Gasteiger partial charge in [0.15, 0.2) is 0 Å². The van der Waals surface area contributed by atoms with Gasteiger partial charge in [-0.25, -0.2) is 4.79 Å². The van der Waals surface area contributed by atoms with Crippen LogP contribution in [-0.4, -0.2) is 19.1 Å². The van der Waals surface area contributed by atoms with Crippen LogP contribution in [0.1, 0.15) is 49.3 Å². The predicted molar refractivity (Wildman–Crippen MR) is 78.8 cm³/mol. The Kier molecular flexibility index (Phi) is 6.22. The summed E-state index contributed by atoms with van der Waals surface area (Å²) >= 11 is 0. The van der Waals surface area contributed by atoms with E-state index < -0.39 is 6.09 Å². The van der Waals surface area contributed by atoms with Gasteiger partial charge in [-0.2, -0.15) is 0 Å². The highest BCUT2D eigenvalue weighted by molar-refractivity contribution is 5.91. The minimum Gasteiger partial charge on any atom is -0.453 e. The summed E-state index contributed by atoms with van der Waals surface area (Å²) in [7, 11) is 1.24. The Morgan fingerprint density at radius 1 is 1.25 bits per heavy atom. The Bertz CT molecular complexity index is 481. The normalized spacial score (nSPS) is 10.4. The predicted octanol–water partition coefficient (Wildman–Crippen LogP) is 3.32. The fourth-order valence-electron chi connectivity index (χ4n) is 2.05. The number of ether oxygens (including phenoxy) is 1. The summed E-state index contributed by atoms with van der Waals surface area (Å²) < 4.78 is 4.37. The van der Waals surface area contributed by atoms with E-state index in [1.165, 1.54) is 23.8 Å². The van der Waals surface area contributed by atoms with E-state index in [1.807, 2.05) is 0 Å². The van der Waals surface area contributed by atoms with E-state index in [1.54, 1.807) is 0 Å². The van der Waals surface area contributed by atoms with Crippen LogP contribution in [0.15, 0.2) is 18.2 Å². The number of amides is 2. The molecule has 0 aliphatic heterocycles. The minimum atomic E-state index is -0.701. The zero-order chi connectivity index (χ0) is 15.1. The van der Waals surface area contributed by atoms with Crippen molar-refractivity contribution in [2.45, 2.75) is 46.0 Å². The average Bonchev–Trinajstić information content (AvgIpc) is 2.37. The maximum absolute atomic E-state index is 11.4. The molecule has 1 rings (SSSR count). The summed E-state index contributed by atoms with van der Waals surface area (Å²) in [5, 5.41) is 2.16. The third-order valence-electron chi connectivity index (χ3n) is 3.12. The van der Waals surface area contributed by atoms with Crippen molar-refractivity contribution < 1.29 is 14.3 Å². The molecule has 0 saturated heterocycles. The molecule has 0 radical (unpaired) electrons. The fraction of sp³-hybridized carbons (Fsp3) is 0.500. The molecule has 20 heavy (non-hydrogen) atoms. The Morgan fingerprint density at radius 3 is 2.55 bits per heavy atom. The van der Waals surface area contributed by atoms with Gasteiger partial charge in [0.1, 0.15) is 0 Å². The number of carbonyl (C=O) groups is 2. The quantitative estimate of drug-likeness (QED) is 0.898. The third-order valence-corrected chi connectivity index (χ3v) is 3.12. The summed E-state index contributed by atoms with van der Waals surface area (Å²) in [5.74, 6) is 0.199. The zero-order valence-corrected chi connectivity index (χ0v) is 12.7. The molecule has 0 fully saturated rings.